The summed E-state index contributed by atoms with van der Waals surface area (Å²) in [5.74, 6) is 0.820. The Balaban J connectivity index is 1.70. The van der Waals surface area contributed by atoms with E-state index in [0.29, 0.717) is 17.9 Å². The first kappa shape index (κ1) is 26.8. The predicted molar refractivity (Wildman–Crippen MR) is 142 cm³/mol. The molecule has 0 aliphatic carbocycles. The minimum atomic E-state index is -0.622. The van der Waals surface area contributed by atoms with E-state index in [9.17, 15) is 9.59 Å². The Kier molecular flexibility index (Phi) is 10.2. The molecule has 7 nitrogen and oxygen atoms in total. The minimum absolute atomic E-state index is 0.158. The standard InChI is InChI=1S/C25H26Cl2N4O3S/c1-3-11-35-18-9-10-29-22(13-18)31-21(25(33)34-4-2)12-16-5-7-17(8-6-16)30-24(32)23-19(26)14-28-15-20(23)27/h5-10,13-15,21H,3-4,11-12H2,1-2H3,(H,29,31)(H,30,32). The Morgan fingerprint density at radius 2 is 1.80 bits per heavy atom. The van der Waals surface area contributed by atoms with Crippen LogP contribution in [0.5, 0.6) is 0 Å². The molecule has 1 amide bonds. The highest BCUT2D eigenvalue weighted by atomic mass is 35.5. The van der Waals surface area contributed by atoms with Gasteiger partial charge in [-0.15, -0.1) is 11.8 Å². The summed E-state index contributed by atoms with van der Waals surface area (Å²) in [4.78, 5) is 34.5. The molecule has 0 radical (unpaired) electrons. The van der Waals surface area contributed by atoms with Gasteiger partial charge in [0.25, 0.3) is 5.91 Å². The van der Waals surface area contributed by atoms with Crippen LogP contribution in [0.4, 0.5) is 11.5 Å². The van der Waals surface area contributed by atoms with Crippen molar-refractivity contribution in [2.75, 3.05) is 23.0 Å². The highest BCUT2D eigenvalue weighted by Crippen LogP contribution is 2.25. The molecule has 0 aliphatic heterocycles. The number of nitrogens with zero attached hydrogens (tertiary/aromatic N) is 2. The van der Waals surface area contributed by atoms with Gasteiger partial charge in [-0.2, -0.15) is 0 Å². The molecular formula is C25H26Cl2N4O3S. The first-order valence-electron chi connectivity index (χ1n) is 11.1. The summed E-state index contributed by atoms with van der Waals surface area (Å²) >= 11 is 13.9. The SMILES string of the molecule is CCCSc1ccnc(NC(Cc2ccc(NC(=O)c3c(Cl)cncc3Cl)cc2)C(=O)OCC)c1. The zero-order chi connectivity index (χ0) is 25.2. The molecule has 3 aromatic rings. The average molecular weight is 533 g/mol. The number of hydrogen-bond donors (Lipinski definition) is 2. The van der Waals surface area contributed by atoms with Crippen LogP contribution in [0.25, 0.3) is 0 Å². The topological polar surface area (TPSA) is 93.2 Å². The van der Waals surface area contributed by atoms with Crippen molar-refractivity contribution in [1.29, 1.82) is 0 Å². The van der Waals surface area contributed by atoms with E-state index in [0.717, 1.165) is 22.6 Å². The summed E-state index contributed by atoms with van der Waals surface area (Å²) in [6, 6.07) is 10.4. The number of aromatic nitrogens is 2. The molecule has 2 aromatic heterocycles. The molecule has 1 unspecified atom stereocenters. The summed E-state index contributed by atoms with van der Waals surface area (Å²) < 4.78 is 5.27. The number of ether oxygens (including phenoxy) is 1. The quantitative estimate of drug-likeness (QED) is 0.226. The summed E-state index contributed by atoms with van der Waals surface area (Å²) in [5, 5.41) is 6.31. The van der Waals surface area contributed by atoms with Crippen LogP contribution in [-0.4, -0.2) is 40.2 Å². The van der Waals surface area contributed by atoms with Gasteiger partial charge < -0.3 is 15.4 Å². The molecule has 184 valence electrons. The van der Waals surface area contributed by atoms with Gasteiger partial charge in [0.2, 0.25) is 0 Å². The van der Waals surface area contributed by atoms with E-state index in [2.05, 4.69) is 27.5 Å². The van der Waals surface area contributed by atoms with Gasteiger partial charge in [-0.3, -0.25) is 9.78 Å². The molecule has 10 heteroatoms. The number of halogens is 2. The second kappa shape index (κ2) is 13.3. The minimum Gasteiger partial charge on any atom is -0.464 e. The van der Waals surface area contributed by atoms with Gasteiger partial charge in [0, 0.05) is 35.6 Å². The largest absolute Gasteiger partial charge is 0.464 e. The van der Waals surface area contributed by atoms with Gasteiger partial charge in [0.15, 0.2) is 0 Å². The molecule has 0 aliphatic rings. The Labute approximate surface area is 219 Å². The zero-order valence-corrected chi connectivity index (χ0v) is 21.7. The third-order valence-electron chi connectivity index (χ3n) is 4.83. The van der Waals surface area contributed by atoms with Gasteiger partial charge in [-0.25, -0.2) is 9.78 Å². The fourth-order valence-electron chi connectivity index (χ4n) is 3.20. The molecule has 3 rings (SSSR count). The van der Waals surface area contributed by atoms with Crippen molar-refractivity contribution in [3.05, 3.63) is 76.2 Å². The van der Waals surface area contributed by atoms with Crippen LogP contribution in [0.3, 0.4) is 0 Å². The van der Waals surface area contributed by atoms with Crippen LogP contribution in [0, 0.1) is 0 Å². The number of pyridine rings is 2. The van der Waals surface area contributed by atoms with Crippen LogP contribution < -0.4 is 10.6 Å². The van der Waals surface area contributed by atoms with Crippen molar-refractivity contribution in [1.82, 2.24) is 9.97 Å². The van der Waals surface area contributed by atoms with E-state index in [1.807, 2.05) is 24.3 Å². The Hall–Kier alpha value is -2.81. The van der Waals surface area contributed by atoms with E-state index in [4.69, 9.17) is 27.9 Å². The molecule has 0 saturated carbocycles. The van der Waals surface area contributed by atoms with Crippen molar-refractivity contribution < 1.29 is 14.3 Å². The van der Waals surface area contributed by atoms with Crippen LogP contribution >= 0.6 is 35.0 Å². The van der Waals surface area contributed by atoms with Crippen LogP contribution in [-0.2, 0) is 16.0 Å². The number of nitrogens with one attached hydrogen (secondary N) is 2. The maximum atomic E-state index is 12.6. The number of carbonyl (C=O) groups is 2. The monoisotopic (exact) mass is 532 g/mol. The summed E-state index contributed by atoms with van der Waals surface area (Å²) in [6.07, 6.45) is 5.90. The Morgan fingerprint density at radius 1 is 1.09 bits per heavy atom. The lowest BCUT2D eigenvalue weighted by Crippen LogP contribution is -2.33. The molecule has 35 heavy (non-hydrogen) atoms. The zero-order valence-electron chi connectivity index (χ0n) is 19.4. The van der Waals surface area contributed by atoms with E-state index < -0.39 is 11.9 Å². The molecular weight excluding hydrogens is 507 g/mol. The fourth-order valence-corrected chi connectivity index (χ4v) is 4.52. The Morgan fingerprint density at radius 3 is 2.46 bits per heavy atom. The number of hydrogen-bond acceptors (Lipinski definition) is 7. The second-order valence-corrected chi connectivity index (χ2v) is 9.49. The summed E-state index contributed by atoms with van der Waals surface area (Å²) in [5.41, 5.74) is 1.60. The maximum Gasteiger partial charge on any atom is 0.328 e. The van der Waals surface area contributed by atoms with Crippen LogP contribution in [0.2, 0.25) is 10.0 Å². The summed E-state index contributed by atoms with van der Waals surface area (Å²) in [7, 11) is 0. The van der Waals surface area contributed by atoms with Gasteiger partial charge in [0.05, 0.1) is 22.2 Å². The molecule has 0 saturated heterocycles. The van der Waals surface area contributed by atoms with Gasteiger partial charge >= 0.3 is 5.97 Å². The number of carbonyl (C=O) groups excluding carboxylic acids is 2. The van der Waals surface area contributed by atoms with E-state index in [1.54, 1.807) is 37.0 Å². The van der Waals surface area contributed by atoms with Gasteiger partial charge in [0.1, 0.15) is 11.9 Å². The average Bonchev–Trinajstić information content (AvgIpc) is 2.84. The lowest BCUT2D eigenvalue weighted by Gasteiger charge is -2.18. The van der Waals surface area contributed by atoms with E-state index in [-0.39, 0.29) is 28.2 Å². The molecule has 2 N–H and O–H groups in total. The maximum absolute atomic E-state index is 12.6. The van der Waals surface area contributed by atoms with E-state index >= 15 is 0 Å². The number of esters is 1. The molecule has 1 aromatic carbocycles. The van der Waals surface area contributed by atoms with Crippen molar-refractivity contribution in [3.8, 4) is 0 Å². The Bertz CT molecular complexity index is 1140. The third-order valence-corrected chi connectivity index (χ3v) is 6.60. The molecule has 0 fully saturated rings. The number of anilines is 2. The van der Waals surface area contributed by atoms with Crippen molar-refractivity contribution in [2.24, 2.45) is 0 Å². The highest BCUT2D eigenvalue weighted by Gasteiger charge is 2.21. The van der Waals surface area contributed by atoms with Crippen LogP contribution in [0.15, 0.2) is 59.9 Å². The first-order chi connectivity index (χ1) is 16.9. The fraction of sp³-hybridized carbons (Fsp3) is 0.280. The second-order valence-electron chi connectivity index (χ2n) is 7.51. The highest BCUT2D eigenvalue weighted by molar-refractivity contribution is 7.99. The lowest BCUT2D eigenvalue weighted by atomic mass is 10.1. The number of thioether (sulfide) groups is 1. The van der Waals surface area contributed by atoms with Crippen LogP contribution in [0.1, 0.15) is 36.2 Å². The van der Waals surface area contributed by atoms with Crippen molar-refractivity contribution >= 4 is 58.3 Å². The third kappa shape index (κ3) is 7.85. The van der Waals surface area contributed by atoms with Crippen molar-refractivity contribution in [2.45, 2.75) is 37.6 Å². The van der Waals surface area contributed by atoms with E-state index in [1.165, 1.54) is 12.4 Å². The number of amides is 1. The summed E-state index contributed by atoms with van der Waals surface area (Å²) in [6.45, 7) is 4.18. The van der Waals surface area contributed by atoms with Crippen molar-refractivity contribution in [3.63, 3.8) is 0 Å². The lowest BCUT2D eigenvalue weighted by molar-refractivity contribution is -0.144. The smallest absolute Gasteiger partial charge is 0.328 e. The van der Waals surface area contributed by atoms with Gasteiger partial charge in [-0.05, 0) is 48.9 Å². The van der Waals surface area contributed by atoms with Gasteiger partial charge in [-0.1, -0.05) is 42.3 Å². The number of benzene rings is 1. The molecule has 0 spiro atoms. The first-order valence-corrected chi connectivity index (χ1v) is 12.9. The molecule has 2 heterocycles. The number of rotatable bonds is 11. The molecule has 0 bridgehead atoms. The normalized spacial score (nSPS) is 11.5. The molecule has 1 atom stereocenters. The predicted octanol–water partition coefficient (Wildman–Crippen LogP) is 6.12.